The number of thiophene rings is 1. The minimum absolute atomic E-state index is 0.344. The summed E-state index contributed by atoms with van der Waals surface area (Å²) < 4.78 is 2.02. The van der Waals surface area contributed by atoms with Gasteiger partial charge in [0.15, 0.2) is 0 Å². The predicted octanol–water partition coefficient (Wildman–Crippen LogP) is 3.42. The van der Waals surface area contributed by atoms with Crippen molar-refractivity contribution in [1.29, 1.82) is 0 Å². The minimum atomic E-state index is -0.344. The van der Waals surface area contributed by atoms with Crippen molar-refractivity contribution in [3.63, 3.8) is 0 Å². The Kier molecular flexibility index (Phi) is 4.22. The maximum absolute atomic E-state index is 10.4. The summed E-state index contributed by atoms with van der Waals surface area (Å²) in [5.41, 5.74) is 1.48. The fraction of sp³-hybridized carbons (Fsp3) is 0.562. The fourth-order valence-corrected chi connectivity index (χ4v) is 4.18. The van der Waals surface area contributed by atoms with E-state index in [1.165, 1.54) is 42.5 Å². The Bertz CT molecular complexity index is 549. The summed E-state index contributed by atoms with van der Waals surface area (Å²) in [6.07, 6.45) is 11.3. The van der Waals surface area contributed by atoms with E-state index in [1.807, 2.05) is 35.3 Å². The molecule has 2 aromatic rings. The topological polar surface area (TPSA) is 38.0 Å². The van der Waals surface area contributed by atoms with Crippen molar-refractivity contribution in [2.24, 2.45) is 7.05 Å². The van der Waals surface area contributed by atoms with Crippen LogP contribution in [0.1, 0.15) is 52.9 Å². The van der Waals surface area contributed by atoms with Gasteiger partial charge in [-0.1, -0.05) is 6.42 Å². The van der Waals surface area contributed by atoms with Crippen LogP contribution in [0.4, 0.5) is 0 Å². The van der Waals surface area contributed by atoms with Gasteiger partial charge in [0.25, 0.3) is 0 Å². The van der Waals surface area contributed by atoms with Crippen molar-refractivity contribution in [3.8, 4) is 0 Å². The SMILES string of the molecule is Cn1ccnc1CCC(O)c1cc2c(s1)CCCCC2. The lowest BCUT2D eigenvalue weighted by molar-refractivity contribution is 0.170. The van der Waals surface area contributed by atoms with Gasteiger partial charge in [0.2, 0.25) is 0 Å². The maximum Gasteiger partial charge on any atom is 0.108 e. The number of hydrogen-bond acceptors (Lipinski definition) is 3. The van der Waals surface area contributed by atoms with Crippen LogP contribution in [0, 0.1) is 0 Å². The molecule has 1 N–H and O–H groups in total. The minimum Gasteiger partial charge on any atom is -0.388 e. The Balaban J connectivity index is 1.65. The van der Waals surface area contributed by atoms with Crippen LogP contribution >= 0.6 is 11.3 Å². The van der Waals surface area contributed by atoms with Crippen LogP contribution in [0.15, 0.2) is 18.5 Å². The molecule has 3 nitrogen and oxygen atoms in total. The molecule has 0 bridgehead atoms. The monoisotopic (exact) mass is 290 g/mol. The van der Waals surface area contributed by atoms with E-state index in [-0.39, 0.29) is 6.10 Å². The Morgan fingerprint density at radius 2 is 2.20 bits per heavy atom. The zero-order valence-corrected chi connectivity index (χ0v) is 12.8. The van der Waals surface area contributed by atoms with Gasteiger partial charge in [-0.15, -0.1) is 11.3 Å². The average molecular weight is 290 g/mol. The first-order valence-electron chi connectivity index (χ1n) is 7.50. The van der Waals surface area contributed by atoms with Crippen molar-refractivity contribution in [2.45, 2.75) is 51.0 Å². The third kappa shape index (κ3) is 2.96. The molecule has 0 amide bonds. The van der Waals surface area contributed by atoms with Crippen LogP contribution < -0.4 is 0 Å². The molecule has 2 heterocycles. The fourth-order valence-electron chi connectivity index (χ4n) is 2.90. The first-order valence-corrected chi connectivity index (χ1v) is 8.31. The number of nitrogens with zero attached hydrogens (tertiary/aromatic N) is 2. The zero-order chi connectivity index (χ0) is 13.9. The van der Waals surface area contributed by atoms with Gasteiger partial charge < -0.3 is 9.67 Å². The van der Waals surface area contributed by atoms with Crippen LogP contribution in [0.2, 0.25) is 0 Å². The number of hydrogen-bond donors (Lipinski definition) is 1. The summed E-state index contributed by atoms with van der Waals surface area (Å²) in [7, 11) is 2.00. The van der Waals surface area contributed by atoms with Gasteiger partial charge in [-0.2, -0.15) is 0 Å². The molecule has 20 heavy (non-hydrogen) atoms. The van der Waals surface area contributed by atoms with Gasteiger partial charge in [0, 0.05) is 35.6 Å². The number of fused-ring (bicyclic) bond motifs is 1. The van der Waals surface area contributed by atoms with Crippen LogP contribution in [-0.2, 0) is 26.3 Å². The molecular weight excluding hydrogens is 268 g/mol. The number of imidazole rings is 1. The van der Waals surface area contributed by atoms with E-state index < -0.39 is 0 Å². The van der Waals surface area contributed by atoms with Crippen LogP contribution in [0.3, 0.4) is 0 Å². The molecule has 0 fully saturated rings. The average Bonchev–Trinajstić information content (AvgIpc) is 2.97. The first-order chi connectivity index (χ1) is 9.74. The predicted molar refractivity (Wildman–Crippen MR) is 82.1 cm³/mol. The smallest absolute Gasteiger partial charge is 0.108 e. The number of aryl methyl sites for hydroxylation is 4. The van der Waals surface area contributed by atoms with Crippen molar-refractivity contribution in [3.05, 3.63) is 39.6 Å². The summed E-state index contributed by atoms with van der Waals surface area (Å²) in [5, 5.41) is 10.4. The van der Waals surface area contributed by atoms with E-state index in [2.05, 4.69) is 11.1 Å². The van der Waals surface area contributed by atoms with Gasteiger partial charge >= 0.3 is 0 Å². The zero-order valence-electron chi connectivity index (χ0n) is 12.0. The molecule has 0 aliphatic heterocycles. The standard InChI is InChI=1S/C16H22N2OS/c1-18-10-9-17-16(18)8-7-13(19)15-11-12-5-3-2-4-6-14(12)20-15/h9-11,13,19H,2-8H2,1H3. The van der Waals surface area contributed by atoms with E-state index in [9.17, 15) is 5.11 Å². The second kappa shape index (κ2) is 6.10. The van der Waals surface area contributed by atoms with Gasteiger partial charge in [0.1, 0.15) is 5.82 Å². The Morgan fingerprint density at radius 1 is 1.35 bits per heavy atom. The number of aliphatic hydroxyl groups is 1. The van der Waals surface area contributed by atoms with Crippen LogP contribution in [0.5, 0.6) is 0 Å². The summed E-state index contributed by atoms with van der Waals surface area (Å²) >= 11 is 1.82. The molecule has 1 unspecified atom stereocenters. The van der Waals surface area contributed by atoms with E-state index in [1.54, 1.807) is 0 Å². The molecule has 108 valence electrons. The molecule has 1 aliphatic rings. The van der Waals surface area contributed by atoms with E-state index in [4.69, 9.17) is 0 Å². The van der Waals surface area contributed by atoms with Crippen molar-refractivity contribution in [2.75, 3.05) is 0 Å². The molecular formula is C16H22N2OS. The van der Waals surface area contributed by atoms with Crippen molar-refractivity contribution >= 4 is 11.3 Å². The lowest BCUT2D eigenvalue weighted by Gasteiger charge is -2.08. The molecule has 0 saturated heterocycles. The quantitative estimate of drug-likeness (QED) is 0.876. The molecule has 4 heteroatoms. The molecule has 0 aromatic carbocycles. The second-order valence-electron chi connectivity index (χ2n) is 5.67. The summed E-state index contributed by atoms with van der Waals surface area (Å²) in [5.74, 6) is 1.04. The van der Waals surface area contributed by atoms with Gasteiger partial charge in [0.05, 0.1) is 6.10 Å². The van der Waals surface area contributed by atoms with Gasteiger partial charge in [-0.25, -0.2) is 4.98 Å². The number of aromatic nitrogens is 2. The lowest BCUT2D eigenvalue weighted by Crippen LogP contribution is -2.02. The van der Waals surface area contributed by atoms with Crippen LogP contribution in [0.25, 0.3) is 0 Å². The first kappa shape index (κ1) is 13.8. The summed E-state index contributed by atoms with van der Waals surface area (Å²) in [4.78, 5) is 6.97. The summed E-state index contributed by atoms with van der Waals surface area (Å²) in [6, 6.07) is 2.24. The van der Waals surface area contributed by atoms with E-state index in [0.29, 0.717) is 0 Å². The molecule has 0 saturated carbocycles. The third-order valence-corrected chi connectivity index (χ3v) is 5.49. The summed E-state index contributed by atoms with van der Waals surface area (Å²) in [6.45, 7) is 0. The van der Waals surface area contributed by atoms with Crippen molar-refractivity contribution < 1.29 is 5.11 Å². The van der Waals surface area contributed by atoms with Gasteiger partial charge in [-0.05, 0) is 43.7 Å². The highest BCUT2D eigenvalue weighted by Gasteiger charge is 2.17. The molecule has 0 spiro atoms. The molecule has 2 aromatic heterocycles. The lowest BCUT2D eigenvalue weighted by atomic mass is 10.1. The highest BCUT2D eigenvalue weighted by Crippen LogP contribution is 2.33. The molecule has 1 aliphatic carbocycles. The maximum atomic E-state index is 10.4. The molecule has 1 atom stereocenters. The Hall–Kier alpha value is -1.13. The Labute approximate surface area is 124 Å². The highest BCUT2D eigenvalue weighted by molar-refractivity contribution is 7.12. The second-order valence-corrected chi connectivity index (χ2v) is 6.84. The Morgan fingerprint density at radius 3 is 3.00 bits per heavy atom. The third-order valence-electron chi connectivity index (χ3n) is 4.16. The van der Waals surface area contributed by atoms with Crippen LogP contribution in [-0.4, -0.2) is 14.7 Å². The number of aliphatic hydroxyl groups excluding tert-OH is 1. The largest absolute Gasteiger partial charge is 0.388 e. The molecule has 0 radical (unpaired) electrons. The van der Waals surface area contributed by atoms with Crippen molar-refractivity contribution in [1.82, 2.24) is 9.55 Å². The van der Waals surface area contributed by atoms with Gasteiger partial charge in [-0.3, -0.25) is 0 Å². The van der Waals surface area contributed by atoms with E-state index in [0.717, 1.165) is 23.5 Å². The van der Waals surface area contributed by atoms with E-state index >= 15 is 0 Å². The molecule has 3 rings (SSSR count). The highest BCUT2D eigenvalue weighted by atomic mass is 32.1. The number of rotatable bonds is 4. The normalized spacial score (nSPS) is 16.7.